The van der Waals surface area contributed by atoms with Crippen LogP contribution in [0.2, 0.25) is 0 Å². The van der Waals surface area contributed by atoms with Crippen LogP contribution in [-0.4, -0.2) is 28.1 Å². The van der Waals surface area contributed by atoms with Crippen LogP contribution in [0.3, 0.4) is 0 Å². The quantitative estimate of drug-likeness (QED) is 0.523. The maximum atomic E-state index is 9.95. The summed E-state index contributed by atoms with van der Waals surface area (Å²) >= 11 is 0. The highest BCUT2D eigenvalue weighted by atomic mass is 35.5. The number of aliphatic hydroxyl groups excluding tert-OH is 1. The molecular formula is C4H7ClO4. The number of carbonyl (C=O) groups excluding carboxylic acids is 1. The Bertz CT molecular complexity index is 108. The zero-order valence-electron chi connectivity index (χ0n) is 4.70. The molecule has 0 aliphatic rings. The summed E-state index contributed by atoms with van der Waals surface area (Å²) < 4.78 is 0. The molecule has 0 fully saturated rings. The normalized spacial score (nSPS) is 11.3. The highest BCUT2D eigenvalue weighted by Crippen LogP contribution is 1.82. The van der Waals surface area contributed by atoms with Gasteiger partial charge in [0.15, 0.2) is 5.78 Å². The number of carboxylic acids is 1. The van der Waals surface area contributed by atoms with Gasteiger partial charge in [-0.05, 0) is 6.92 Å². The van der Waals surface area contributed by atoms with Gasteiger partial charge in [-0.3, -0.25) is 4.79 Å². The molecule has 0 aromatic heterocycles. The number of hydrogen-bond donors (Lipinski definition) is 2. The summed E-state index contributed by atoms with van der Waals surface area (Å²) in [6, 6.07) is 0. The number of carboxylic acid groups (broad SMARTS) is 1. The molecule has 5 heteroatoms. The van der Waals surface area contributed by atoms with Crippen molar-refractivity contribution in [1.82, 2.24) is 0 Å². The fraction of sp³-hybridized carbons (Fsp3) is 0.500. The number of hydrogen-bond acceptors (Lipinski definition) is 3. The first-order valence-corrected chi connectivity index (χ1v) is 1.97. The third kappa shape index (κ3) is 3.93. The van der Waals surface area contributed by atoms with Gasteiger partial charge in [-0.2, -0.15) is 0 Å². The van der Waals surface area contributed by atoms with Crippen LogP contribution in [0, 0.1) is 0 Å². The largest absolute Gasteiger partial charge is 0.479 e. The van der Waals surface area contributed by atoms with Crippen molar-refractivity contribution in [1.29, 1.82) is 0 Å². The predicted molar refractivity (Wildman–Crippen MR) is 31.6 cm³/mol. The lowest BCUT2D eigenvalue weighted by atomic mass is 10.3. The molecule has 2 N–H and O–H groups in total. The second-order valence-electron chi connectivity index (χ2n) is 1.35. The zero-order valence-corrected chi connectivity index (χ0v) is 5.51. The van der Waals surface area contributed by atoms with Crippen molar-refractivity contribution in [3.63, 3.8) is 0 Å². The average molecular weight is 155 g/mol. The van der Waals surface area contributed by atoms with Gasteiger partial charge in [0.2, 0.25) is 6.10 Å². The predicted octanol–water partition coefficient (Wildman–Crippen LogP) is -0.557. The van der Waals surface area contributed by atoms with Crippen molar-refractivity contribution in [2.45, 2.75) is 13.0 Å². The fourth-order valence-corrected chi connectivity index (χ4v) is 0.174. The van der Waals surface area contributed by atoms with Gasteiger partial charge in [0.1, 0.15) is 0 Å². The van der Waals surface area contributed by atoms with Gasteiger partial charge in [0, 0.05) is 0 Å². The van der Waals surface area contributed by atoms with E-state index in [1.54, 1.807) is 0 Å². The van der Waals surface area contributed by atoms with Crippen LogP contribution in [0.15, 0.2) is 0 Å². The van der Waals surface area contributed by atoms with Crippen LogP contribution in [0.25, 0.3) is 0 Å². The minimum Gasteiger partial charge on any atom is -0.479 e. The number of carbonyl (C=O) groups is 2. The van der Waals surface area contributed by atoms with Crippen molar-refractivity contribution >= 4 is 24.2 Å². The van der Waals surface area contributed by atoms with E-state index in [1.807, 2.05) is 0 Å². The molecular weight excluding hydrogens is 147 g/mol. The highest BCUT2D eigenvalue weighted by molar-refractivity contribution is 5.99. The number of Topliss-reactive ketones (excluding diaryl/α,β-unsaturated/α-hetero) is 1. The third-order valence-electron chi connectivity index (χ3n) is 0.619. The van der Waals surface area contributed by atoms with E-state index in [1.165, 1.54) is 0 Å². The average Bonchev–Trinajstić information content (AvgIpc) is 1.64. The minimum absolute atomic E-state index is 0. The van der Waals surface area contributed by atoms with Crippen molar-refractivity contribution in [2.75, 3.05) is 0 Å². The van der Waals surface area contributed by atoms with Gasteiger partial charge in [-0.15, -0.1) is 12.4 Å². The third-order valence-corrected chi connectivity index (χ3v) is 0.619. The Labute approximate surface area is 57.9 Å². The number of halogens is 1. The molecule has 0 aliphatic heterocycles. The summed E-state index contributed by atoms with van der Waals surface area (Å²) in [5.41, 5.74) is 0. The SMILES string of the molecule is CC(=O)C(O)C(=O)O.Cl. The second-order valence-corrected chi connectivity index (χ2v) is 1.35. The first-order chi connectivity index (χ1) is 3.55. The summed E-state index contributed by atoms with van der Waals surface area (Å²) in [5, 5.41) is 16.1. The van der Waals surface area contributed by atoms with Crippen molar-refractivity contribution in [2.24, 2.45) is 0 Å². The van der Waals surface area contributed by atoms with Gasteiger partial charge in [-0.25, -0.2) is 4.79 Å². The Morgan fingerprint density at radius 2 is 1.78 bits per heavy atom. The molecule has 0 saturated carbocycles. The van der Waals surface area contributed by atoms with Gasteiger partial charge < -0.3 is 10.2 Å². The van der Waals surface area contributed by atoms with Crippen LogP contribution in [0.1, 0.15) is 6.92 Å². The first kappa shape index (κ1) is 11.2. The molecule has 54 valence electrons. The standard InChI is InChI=1S/C4H6O4.ClH/c1-2(5)3(6)4(7)8;/h3,6H,1H3,(H,7,8);1H. The molecule has 0 saturated heterocycles. The molecule has 0 radical (unpaired) electrons. The Balaban J connectivity index is 0. The summed E-state index contributed by atoms with van der Waals surface area (Å²) in [4.78, 5) is 19.6. The molecule has 0 heterocycles. The number of aliphatic hydroxyl groups is 1. The van der Waals surface area contributed by atoms with E-state index in [-0.39, 0.29) is 12.4 Å². The molecule has 1 atom stereocenters. The topological polar surface area (TPSA) is 74.6 Å². The van der Waals surface area contributed by atoms with Crippen molar-refractivity contribution in [3.05, 3.63) is 0 Å². The maximum Gasteiger partial charge on any atom is 0.340 e. The number of rotatable bonds is 2. The van der Waals surface area contributed by atoms with Crippen LogP contribution in [-0.2, 0) is 9.59 Å². The molecule has 9 heavy (non-hydrogen) atoms. The Kier molecular flexibility index (Phi) is 5.34. The smallest absolute Gasteiger partial charge is 0.340 e. The van der Waals surface area contributed by atoms with E-state index in [2.05, 4.69) is 0 Å². The van der Waals surface area contributed by atoms with Gasteiger partial charge >= 0.3 is 5.97 Å². The van der Waals surface area contributed by atoms with Crippen LogP contribution in [0.4, 0.5) is 0 Å². The molecule has 0 aliphatic carbocycles. The monoisotopic (exact) mass is 154 g/mol. The lowest BCUT2D eigenvalue weighted by Gasteiger charge is -1.95. The lowest BCUT2D eigenvalue weighted by molar-refractivity contribution is -0.151. The molecule has 0 rings (SSSR count). The van der Waals surface area contributed by atoms with E-state index in [4.69, 9.17) is 10.2 Å². The molecule has 0 aromatic carbocycles. The second kappa shape index (κ2) is 4.29. The zero-order chi connectivity index (χ0) is 6.73. The van der Waals surface area contributed by atoms with Gasteiger partial charge in [0.25, 0.3) is 0 Å². The number of ketones is 1. The Morgan fingerprint density at radius 1 is 1.44 bits per heavy atom. The molecule has 0 bridgehead atoms. The molecule has 0 amide bonds. The maximum absolute atomic E-state index is 9.95. The molecule has 0 aromatic rings. The molecule has 4 nitrogen and oxygen atoms in total. The van der Waals surface area contributed by atoms with Crippen LogP contribution >= 0.6 is 12.4 Å². The van der Waals surface area contributed by atoms with E-state index < -0.39 is 17.9 Å². The summed E-state index contributed by atoms with van der Waals surface area (Å²) in [7, 11) is 0. The lowest BCUT2D eigenvalue weighted by Crippen LogP contribution is -2.26. The molecule has 1 unspecified atom stereocenters. The fourth-order valence-electron chi connectivity index (χ4n) is 0.174. The Morgan fingerprint density at radius 3 is 1.78 bits per heavy atom. The summed E-state index contributed by atoms with van der Waals surface area (Å²) in [6.45, 7) is 1.01. The number of aliphatic carboxylic acids is 1. The van der Waals surface area contributed by atoms with Gasteiger partial charge in [0.05, 0.1) is 0 Å². The van der Waals surface area contributed by atoms with Crippen molar-refractivity contribution in [3.8, 4) is 0 Å². The van der Waals surface area contributed by atoms with Gasteiger partial charge in [-0.1, -0.05) is 0 Å². The van der Waals surface area contributed by atoms with Crippen LogP contribution < -0.4 is 0 Å². The summed E-state index contributed by atoms with van der Waals surface area (Å²) in [6.07, 6.45) is -1.85. The van der Waals surface area contributed by atoms with Crippen LogP contribution in [0.5, 0.6) is 0 Å². The molecule has 0 spiro atoms. The van der Waals surface area contributed by atoms with E-state index in [9.17, 15) is 9.59 Å². The summed E-state index contributed by atoms with van der Waals surface area (Å²) in [5.74, 6) is -2.25. The minimum atomic E-state index is -1.85. The van der Waals surface area contributed by atoms with E-state index >= 15 is 0 Å². The van der Waals surface area contributed by atoms with E-state index in [0.717, 1.165) is 6.92 Å². The van der Waals surface area contributed by atoms with Crippen molar-refractivity contribution < 1.29 is 19.8 Å². The Hall–Kier alpha value is -0.610. The van der Waals surface area contributed by atoms with E-state index in [0.29, 0.717) is 0 Å². The highest BCUT2D eigenvalue weighted by Gasteiger charge is 2.17. The first-order valence-electron chi connectivity index (χ1n) is 1.97.